The van der Waals surface area contributed by atoms with Crippen molar-refractivity contribution in [1.82, 2.24) is 0 Å². The van der Waals surface area contributed by atoms with Gasteiger partial charge in [-0.05, 0) is 55.5 Å². The second kappa shape index (κ2) is 16.4. The van der Waals surface area contributed by atoms with Crippen LogP contribution in [0.25, 0.3) is 0 Å². The van der Waals surface area contributed by atoms with Crippen LogP contribution in [-0.2, 0) is 38.8 Å². The molecule has 2 aromatic carbocycles. The summed E-state index contributed by atoms with van der Waals surface area (Å²) in [4.78, 5) is 36.5. The summed E-state index contributed by atoms with van der Waals surface area (Å²) in [6, 6.07) is 8.65. The van der Waals surface area contributed by atoms with Crippen LogP contribution in [0.1, 0.15) is 93.2 Å². The van der Waals surface area contributed by atoms with Gasteiger partial charge in [-0.2, -0.15) is 0 Å². The van der Waals surface area contributed by atoms with Crippen LogP contribution >= 0.6 is 39.1 Å². The molecule has 2 fully saturated rings. The first-order valence-corrected chi connectivity index (χ1v) is 20.3. The summed E-state index contributed by atoms with van der Waals surface area (Å²) in [5.41, 5.74) is 0.967. The van der Waals surface area contributed by atoms with Crippen LogP contribution in [-0.4, -0.2) is 46.9 Å². The SMILES string of the molecule is CC(=O)OC(C(=O)C1CCCCC1)c1ccc(S(C)(=O)=O)cc1Cl.CS(=O)(=O)c1ccc(C(Br)C(=O)C2CCCCC2)c(Cl)c1. The molecule has 2 aromatic rings. The number of halogens is 3. The Balaban J connectivity index is 0.000000248. The fraction of sp³-hybridized carbons (Fsp3) is 0.531. The van der Waals surface area contributed by atoms with E-state index in [2.05, 4.69) is 15.9 Å². The van der Waals surface area contributed by atoms with E-state index in [1.165, 1.54) is 43.7 Å². The molecule has 2 unspecified atom stereocenters. The third kappa shape index (κ3) is 10.6. The third-order valence-corrected chi connectivity index (χ3v) is 12.0. The molecule has 248 valence electrons. The lowest BCUT2D eigenvalue weighted by molar-refractivity contribution is -0.155. The molecule has 0 N–H and O–H groups in total. The Kier molecular flexibility index (Phi) is 13.7. The molecule has 45 heavy (non-hydrogen) atoms. The summed E-state index contributed by atoms with van der Waals surface area (Å²) < 4.78 is 51.5. The fourth-order valence-electron chi connectivity index (χ4n) is 5.68. The van der Waals surface area contributed by atoms with Crippen molar-refractivity contribution in [3.05, 3.63) is 57.6 Å². The summed E-state index contributed by atoms with van der Waals surface area (Å²) in [5.74, 6) is -0.683. The number of rotatable bonds is 9. The zero-order valence-corrected chi connectivity index (χ0v) is 30.3. The molecule has 2 aliphatic carbocycles. The van der Waals surface area contributed by atoms with E-state index in [1.807, 2.05) is 0 Å². The molecular formula is C32H39BrCl2O8S2. The van der Waals surface area contributed by atoms with E-state index in [9.17, 15) is 31.2 Å². The average molecular weight is 767 g/mol. The number of esters is 1. The molecule has 0 aliphatic heterocycles. The van der Waals surface area contributed by atoms with Crippen LogP contribution in [0.4, 0.5) is 0 Å². The smallest absolute Gasteiger partial charge is 0.303 e. The minimum absolute atomic E-state index is 0.0583. The number of ether oxygens (including phenoxy) is 1. The first-order valence-electron chi connectivity index (χ1n) is 14.9. The van der Waals surface area contributed by atoms with Crippen LogP contribution in [0.5, 0.6) is 0 Å². The molecule has 4 rings (SSSR count). The molecular weight excluding hydrogens is 727 g/mol. The Morgan fingerprint density at radius 2 is 1.11 bits per heavy atom. The Hall–Kier alpha value is -1.79. The molecule has 0 spiro atoms. The minimum atomic E-state index is -3.41. The van der Waals surface area contributed by atoms with E-state index in [-0.39, 0.29) is 38.2 Å². The number of carbonyl (C=O) groups excluding carboxylic acids is 3. The zero-order valence-electron chi connectivity index (χ0n) is 25.6. The predicted octanol–water partition coefficient (Wildman–Crippen LogP) is 7.83. The highest BCUT2D eigenvalue weighted by Crippen LogP contribution is 2.38. The van der Waals surface area contributed by atoms with Crippen LogP contribution in [0.3, 0.4) is 0 Å². The summed E-state index contributed by atoms with van der Waals surface area (Å²) in [6.45, 7) is 1.24. The lowest BCUT2D eigenvalue weighted by Crippen LogP contribution is -2.27. The maximum atomic E-state index is 12.8. The van der Waals surface area contributed by atoms with Crippen LogP contribution < -0.4 is 0 Å². The molecule has 0 heterocycles. The van der Waals surface area contributed by atoms with Crippen molar-refractivity contribution in [3.63, 3.8) is 0 Å². The van der Waals surface area contributed by atoms with Crippen LogP contribution in [0.2, 0.25) is 10.0 Å². The highest BCUT2D eigenvalue weighted by atomic mass is 79.9. The summed E-state index contributed by atoms with van der Waals surface area (Å²) in [7, 11) is -6.70. The standard InChI is InChI=1S/C17H21ClO5S.C15H18BrClO3S/c1-11(19)23-17(16(20)12-6-4-3-5-7-12)14-9-8-13(10-15(14)18)24(2,21)22;1-21(19,20)11-7-8-12(13(17)9-11)14(16)15(18)10-5-3-2-4-6-10/h8-10,12,17H,3-7H2,1-2H3;7-10,14H,2-6H2,1H3. The van der Waals surface area contributed by atoms with E-state index in [4.69, 9.17) is 27.9 Å². The number of alkyl halides is 1. The Morgan fingerprint density at radius 3 is 1.49 bits per heavy atom. The van der Waals surface area contributed by atoms with Gasteiger partial charge in [-0.3, -0.25) is 14.4 Å². The average Bonchev–Trinajstić information content (AvgIpc) is 2.99. The molecule has 2 aliphatic rings. The van der Waals surface area contributed by atoms with Gasteiger partial charge in [-0.25, -0.2) is 16.8 Å². The second-order valence-electron chi connectivity index (χ2n) is 11.7. The fourth-order valence-corrected chi connectivity index (χ4v) is 8.58. The molecule has 0 amide bonds. The molecule has 0 saturated heterocycles. The quantitative estimate of drug-likeness (QED) is 0.187. The van der Waals surface area contributed by atoms with Crippen molar-refractivity contribution >= 4 is 76.3 Å². The van der Waals surface area contributed by atoms with Gasteiger partial charge in [-0.1, -0.05) is 89.8 Å². The first-order chi connectivity index (χ1) is 21.0. The van der Waals surface area contributed by atoms with Gasteiger partial charge in [0, 0.05) is 46.9 Å². The highest BCUT2D eigenvalue weighted by Gasteiger charge is 2.33. The maximum absolute atomic E-state index is 12.8. The van der Waals surface area contributed by atoms with Gasteiger partial charge in [0.05, 0.1) is 14.6 Å². The number of hydrogen-bond donors (Lipinski definition) is 0. The van der Waals surface area contributed by atoms with Crippen molar-refractivity contribution in [2.45, 2.75) is 91.9 Å². The largest absolute Gasteiger partial charge is 0.450 e. The normalized spacial score (nSPS) is 17.8. The summed E-state index contributed by atoms with van der Waals surface area (Å²) in [6.07, 6.45) is 11.0. The molecule has 0 radical (unpaired) electrons. The van der Waals surface area contributed by atoms with E-state index in [1.54, 1.807) is 6.07 Å². The predicted molar refractivity (Wildman–Crippen MR) is 178 cm³/mol. The van der Waals surface area contributed by atoms with E-state index >= 15 is 0 Å². The second-order valence-corrected chi connectivity index (χ2v) is 17.5. The van der Waals surface area contributed by atoms with Crippen molar-refractivity contribution in [2.75, 3.05) is 12.5 Å². The van der Waals surface area contributed by atoms with Gasteiger partial charge in [0.15, 0.2) is 37.3 Å². The topological polar surface area (TPSA) is 129 Å². The monoisotopic (exact) mass is 764 g/mol. The van der Waals surface area contributed by atoms with E-state index in [0.29, 0.717) is 16.1 Å². The Labute approximate surface area is 284 Å². The number of benzene rings is 2. The van der Waals surface area contributed by atoms with Crippen molar-refractivity contribution in [1.29, 1.82) is 0 Å². The maximum Gasteiger partial charge on any atom is 0.303 e. The Morgan fingerprint density at radius 1 is 0.711 bits per heavy atom. The Bertz CT molecular complexity index is 1610. The van der Waals surface area contributed by atoms with E-state index in [0.717, 1.165) is 70.3 Å². The van der Waals surface area contributed by atoms with E-state index < -0.39 is 36.6 Å². The molecule has 8 nitrogen and oxygen atoms in total. The molecule has 13 heteroatoms. The van der Waals surface area contributed by atoms with Gasteiger partial charge in [0.1, 0.15) is 0 Å². The van der Waals surface area contributed by atoms with Gasteiger partial charge >= 0.3 is 5.97 Å². The van der Waals surface area contributed by atoms with Crippen molar-refractivity contribution in [3.8, 4) is 0 Å². The number of ketones is 2. The first kappa shape index (κ1) is 37.7. The molecule has 0 aromatic heterocycles. The highest BCUT2D eigenvalue weighted by molar-refractivity contribution is 9.09. The third-order valence-electron chi connectivity index (χ3n) is 8.16. The lowest BCUT2D eigenvalue weighted by atomic mass is 9.83. The molecule has 2 atom stereocenters. The van der Waals surface area contributed by atoms with Crippen molar-refractivity contribution < 1.29 is 36.0 Å². The minimum Gasteiger partial charge on any atom is -0.450 e. The molecule has 2 saturated carbocycles. The van der Waals surface area contributed by atoms with Gasteiger partial charge in [0.25, 0.3) is 0 Å². The molecule has 0 bridgehead atoms. The summed E-state index contributed by atoms with van der Waals surface area (Å²) in [5, 5.41) is 0.414. The number of Topliss-reactive ketones (excluding diaryl/α,β-unsaturated/α-hetero) is 2. The van der Waals surface area contributed by atoms with Gasteiger partial charge in [-0.15, -0.1) is 0 Å². The van der Waals surface area contributed by atoms with Gasteiger partial charge in [0.2, 0.25) is 0 Å². The lowest BCUT2D eigenvalue weighted by Gasteiger charge is -2.25. The van der Waals surface area contributed by atoms with Crippen molar-refractivity contribution in [2.24, 2.45) is 11.8 Å². The number of sulfone groups is 2. The van der Waals surface area contributed by atoms with Gasteiger partial charge < -0.3 is 4.74 Å². The number of carbonyl (C=O) groups is 3. The van der Waals surface area contributed by atoms with Crippen LogP contribution in [0, 0.1) is 11.8 Å². The summed E-state index contributed by atoms with van der Waals surface area (Å²) >= 11 is 15.8. The zero-order chi connectivity index (χ0) is 33.5. The van der Waals surface area contributed by atoms with Crippen LogP contribution in [0.15, 0.2) is 46.2 Å². The number of hydrogen-bond acceptors (Lipinski definition) is 8.